The summed E-state index contributed by atoms with van der Waals surface area (Å²) >= 11 is 0. The van der Waals surface area contributed by atoms with Gasteiger partial charge in [0.2, 0.25) is 0 Å². The van der Waals surface area contributed by atoms with E-state index >= 15 is 0 Å². The molecule has 2 aliphatic heterocycles. The number of hydrogen-bond donors (Lipinski definition) is 1. The molecule has 0 radical (unpaired) electrons. The Morgan fingerprint density at radius 1 is 1.32 bits per heavy atom. The van der Waals surface area contributed by atoms with Gasteiger partial charge in [-0.2, -0.15) is 0 Å². The average molecular weight is 307 g/mol. The van der Waals surface area contributed by atoms with Gasteiger partial charge in [0.25, 0.3) is 11.6 Å². The summed E-state index contributed by atoms with van der Waals surface area (Å²) in [4.78, 5) is 24.5. The third-order valence-electron chi connectivity index (χ3n) is 4.83. The van der Waals surface area contributed by atoms with E-state index in [9.17, 15) is 19.3 Å². The first-order valence-electron chi connectivity index (χ1n) is 7.45. The number of carbonyl (C=O) groups excluding carboxylic acids is 1. The lowest BCUT2D eigenvalue weighted by molar-refractivity contribution is -0.385. The minimum Gasteiger partial charge on any atom is -0.338 e. The molecule has 0 bridgehead atoms. The van der Waals surface area contributed by atoms with Gasteiger partial charge >= 0.3 is 0 Å². The molecule has 0 saturated carbocycles. The highest BCUT2D eigenvalue weighted by Crippen LogP contribution is 2.37. The van der Waals surface area contributed by atoms with E-state index in [1.165, 1.54) is 6.07 Å². The van der Waals surface area contributed by atoms with Gasteiger partial charge < -0.3 is 10.2 Å². The van der Waals surface area contributed by atoms with Gasteiger partial charge in [-0.05, 0) is 43.4 Å². The van der Waals surface area contributed by atoms with Crippen LogP contribution in [0, 0.1) is 21.3 Å². The second-order valence-corrected chi connectivity index (χ2v) is 6.14. The van der Waals surface area contributed by atoms with Gasteiger partial charge in [0, 0.05) is 19.6 Å². The van der Waals surface area contributed by atoms with Crippen LogP contribution in [0.1, 0.15) is 29.6 Å². The lowest BCUT2D eigenvalue weighted by Gasteiger charge is -2.38. The molecule has 2 aliphatic rings. The molecule has 0 atom stereocenters. The largest absolute Gasteiger partial charge is 0.338 e. The number of nitro groups is 1. The van der Waals surface area contributed by atoms with E-state index in [2.05, 4.69) is 5.32 Å². The van der Waals surface area contributed by atoms with Crippen molar-refractivity contribution in [2.75, 3.05) is 26.2 Å². The van der Waals surface area contributed by atoms with E-state index in [1.54, 1.807) is 4.90 Å². The zero-order valence-electron chi connectivity index (χ0n) is 12.2. The predicted molar refractivity (Wildman–Crippen MR) is 78.1 cm³/mol. The van der Waals surface area contributed by atoms with Crippen molar-refractivity contribution in [1.29, 1.82) is 0 Å². The lowest BCUT2D eigenvalue weighted by atomic mass is 9.78. The van der Waals surface area contributed by atoms with Gasteiger partial charge in [0.15, 0.2) is 0 Å². The lowest BCUT2D eigenvalue weighted by Crippen LogP contribution is -2.44. The Balaban J connectivity index is 1.76. The highest BCUT2D eigenvalue weighted by atomic mass is 19.1. The summed E-state index contributed by atoms with van der Waals surface area (Å²) in [5, 5.41) is 14.4. The Morgan fingerprint density at radius 2 is 2.05 bits per heavy atom. The number of amides is 1. The van der Waals surface area contributed by atoms with Crippen molar-refractivity contribution in [1.82, 2.24) is 10.2 Å². The van der Waals surface area contributed by atoms with Crippen molar-refractivity contribution < 1.29 is 14.1 Å². The number of piperidine rings is 1. The second kappa shape index (κ2) is 5.64. The number of hydrogen-bond acceptors (Lipinski definition) is 4. The van der Waals surface area contributed by atoms with E-state index in [-0.39, 0.29) is 16.9 Å². The number of likely N-dealkylation sites (tertiary alicyclic amines) is 1. The number of carbonyl (C=O) groups is 1. The van der Waals surface area contributed by atoms with Crippen LogP contribution in [0.5, 0.6) is 0 Å². The summed E-state index contributed by atoms with van der Waals surface area (Å²) < 4.78 is 13.2. The Kier molecular flexibility index (Phi) is 3.82. The van der Waals surface area contributed by atoms with Gasteiger partial charge in [-0.15, -0.1) is 0 Å². The molecule has 1 N–H and O–H groups in total. The molecule has 0 aliphatic carbocycles. The van der Waals surface area contributed by atoms with Crippen LogP contribution in [0.25, 0.3) is 0 Å². The number of nitro benzene ring substituents is 1. The Labute approximate surface area is 127 Å². The third kappa shape index (κ3) is 2.68. The summed E-state index contributed by atoms with van der Waals surface area (Å²) in [6.45, 7) is 3.17. The first-order valence-corrected chi connectivity index (χ1v) is 7.45. The molecule has 22 heavy (non-hydrogen) atoms. The van der Waals surface area contributed by atoms with Crippen LogP contribution in [-0.2, 0) is 0 Å². The van der Waals surface area contributed by atoms with Crippen LogP contribution in [0.4, 0.5) is 10.1 Å². The molecule has 2 fully saturated rings. The topological polar surface area (TPSA) is 75.5 Å². The molecular formula is C15H18FN3O3. The van der Waals surface area contributed by atoms with Crippen LogP contribution >= 0.6 is 0 Å². The van der Waals surface area contributed by atoms with E-state index in [4.69, 9.17) is 0 Å². The minimum atomic E-state index is -0.710. The van der Waals surface area contributed by atoms with E-state index in [0.29, 0.717) is 13.1 Å². The van der Waals surface area contributed by atoms with Crippen molar-refractivity contribution in [3.63, 3.8) is 0 Å². The van der Waals surface area contributed by atoms with Crippen LogP contribution in [0.3, 0.4) is 0 Å². The fourth-order valence-corrected chi connectivity index (χ4v) is 3.41. The first kappa shape index (κ1) is 14.9. The number of nitrogens with one attached hydrogen (secondary N) is 1. The van der Waals surface area contributed by atoms with Crippen LogP contribution in [0.15, 0.2) is 18.2 Å². The maximum Gasteiger partial charge on any atom is 0.285 e. The zero-order chi connectivity index (χ0) is 15.7. The van der Waals surface area contributed by atoms with Crippen molar-refractivity contribution >= 4 is 11.6 Å². The highest BCUT2D eigenvalue weighted by molar-refractivity contribution is 5.98. The molecule has 0 unspecified atom stereocenters. The van der Waals surface area contributed by atoms with Gasteiger partial charge in [-0.25, -0.2) is 4.39 Å². The minimum absolute atomic E-state index is 0.0353. The number of benzene rings is 1. The smallest absolute Gasteiger partial charge is 0.285 e. The summed E-state index contributed by atoms with van der Waals surface area (Å²) in [5.74, 6) is -1.09. The summed E-state index contributed by atoms with van der Waals surface area (Å²) in [5.41, 5.74) is -0.231. The van der Waals surface area contributed by atoms with Gasteiger partial charge in [-0.3, -0.25) is 14.9 Å². The predicted octanol–water partition coefficient (Wildman–Crippen LogP) is 1.95. The van der Waals surface area contributed by atoms with Crippen molar-refractivity contribution in [2.45, 2.75) is 19.3 Å². The maximum atomic E-state index is 13.2. The first-order chi connectivity index (χ1) is 10.5. The molecule has 1 amide bonds. The SMILES string of the molecule is O=C(c1ccc(F)cc1[N+](=O)[O-])N1CCC2(CCNC2)CC1. The van der Waals surface area contributed by atoms with Gasteiger partial charge in [0.1, 0.15) is 11.4 Å². The third-order valence-corrected chi connectivity index (χ3v) is 4.83. The molecule has 7 heteroatoms. The molecule has 2 saturated heterocycles. The molecule has 2 heterocycles. The molecule has 1 aromatic rings. The molecule has 0 aromatic heterocycles. The van der Waals surface area contributed by atoms with Crippen molar-refractivity contribution in [3.8, 4) is 0 Å². The fraction of sp³-hybridized carbons (Fsp3) is 0.533. The summed E-state index contributed by atoms with van der Waals surface area (Å²) in [7, 11) is 0. The van der Waals surface area contributed by atoms with Gasteiger partial charge in [-0.1, -0.05) is 0 Å². The molecule has 6 nitrogen and oxygen atoms in total. The monoisotopic (exact) mass is 307 g/mol. The summed E-state index contributed by atoms with van der Waals surface area (Å²) in [6, 6.07) is 3.10. The average Bonchev–Trinajstić information content (AvgIpc) is 2.95. The Hall–Kier alpha value is -2.02. The number of nitrogens with zero attached hydrogens (tertiary/aromatic N) is 2. The quantitative estimate of drug-likeness (QED) is 0.669. The van der Waals surface area contributed by atoms with Gasteiger partial charge in [0.05, 0.1) is 11.0 Å². The normalized spacial score (nSPS) is 20.3. The van der Waals surface area contributed by atoms with Crippen molar-refractivity contribution in [2.24, 2.45) is 5.41 Å². The van der Waals surface area contributed by atoms with E-state index in [0.717, 1.165) is 44.5 Å². The molecule has 118 valence electrons. The molecule has 3 rings (SSSR count). The van der Waals surface area contributed by atoms with Crippen molar-refractivity contribution in [3.05, 3.63) is 39.7 Å². The standard InChI is InChI=1S/C15H18FN3O3/c16-11-1-2-12(13(9-11)19(21)22)14(20)18-7-4-15(5-8-18)3-6-17-10-15/h1-2,9,17H,3-8,10H2. The molecule has 1 aromatic carbocycles. The summed E-state index contributed by atoms with van der Waals surface area (Å²) in [6.07, 6.45) is 2.92. The Bertz CT molecular complexity index is 604. The molecule has 1 spiro atoms. The molecular weight excluding hydrogens is 289 g/mol. The zero-order valence-corrected chi connectivity index (χ0v) is 12.2. The van der Waals surface area contributed by atoms with Crippen LogP contribution < -0.4 is 5.32 Å². The van der Waals surface area contributed by atoms with E-state index < -0.39 is 16.4 Å². The highest BCUT2D eigenvalue weighted by Gasteiger charge is 2.39. The second-order valence-electron chi connectivity index (χ2n) is 6.14. The number of rotatable bonds is 2. The van der Waals surface area contributed by atoms with E-state index in [1.807, 2.05) is 0 Å². The number of halogens is 1. The van der Waals surface area contributed by atoms with Crippen LogP contribution in [-0.4, -0.2) is 41.9 Å². The maximum absolute atomic E-state index is 13.2. The Morgan fingerprint density at radius 3 is 2.64 bits per heavy atom. The fourth-order valence-electron chi connectivity index (χ4n) is 3.41. The van der Waals surface area contributed by atoms with Crippen LogP contribution in [0.2, 0.25) is 0 Å².